The minimum atomic E-state index is 0.248. The van der Waals surface area contributed by atoms with E-state index in [4.69, 9.17) is 0 Å². The van der Waals surface area contributed by atoms with Gasteiger partial charge in [0.2, 0.25) is 0 Å². The molecule has 1 aromatic carbocycles. The van der Waals surface area contributed by atoms with Crippen molar-refractivity contribution >= 4 is 22.6 Å². The predicted octanol–water partition coefficient (Wildman–Crippen LogP) is 3.39. The van der Waals surface area contributed by atoms with Crippen molar-refractivity contribution in [3.8, 4) is 0 Å². The van der Waals surface area contributed by atoms with Gasteiger partial charge in [0.25, 0.3) is 0 Å². The van der Waals surface area contributed by atoms with E-state index in [9.17, 15) is 0 Å². The SMILES string of the molecule is CC(C)(C)c1c[c]cc(I)c1. The molecule has 59 valence electrons. The smallest absolute Gasteiger partial charge is 0.0139 e. The van der Waals surface area contributed by atoms with Gasteiger partial charge in [-0.3, -0.25) is 0 Å². The predicted molar refractivity (Wildman–Crippen MR) is 56.7 cm³/mol. The second-order valence-electron chi connectivity index (χ2n) is 3.69. The summed E-state index contributed by atoms with van der Waals surface area (Å²) < 4.78 is 1.26. The zero-order valence-corrected chi connectivity index (χ0v) is 9.27. The van der Waals surface area contributed by atoms with Crippen molar-refractivity contribution in [3.63, 3.8) is 0 Å². The third-order valence-corrected chi connectivity index (χ3v) is 2.24. The van der Waals surface area contributed by atoms with Gasteiger partial charge >= 0.3 is 0 Å². The molecule has 1 aromatic rings. The summed E-state index contributed by atoms with van der Waals surface area (Å²) in [6, 6.07) is 9.39. The summed E-state index contributed by atoms with van der Waals surface area (Å²) in [4.78, 5) is 0. The van der Waals surface area contributed by atoms with E-state index in [1.807, 2.05) is 6.07 Å². The van der Waals surface area contributed by atoms with E-state index in [0.717, 1.165) is 0 Å². The van der Waals surface area contributed by atoms with E-state index >= 15 is 0 Å². The fourth-order valence-electron chi connectivity index (χ4n) is 0.876. The van der Waals surface area contributed by atoms with E-state index in [1.54, 1.807) is 0 Å². The number of hydrogen-bond donors (Lipinski definition) is 0. The maximum atomic E-state index is 3.13. The number of hydrogen-bond acceptors (Lipinski definition) is 0. The van der Waals surface area contributed by atoms with Crippen LogP contribution in [0.5, 0.6) is 0 Å². The minimum Gasteiger partial charge on any atom is -0.0561 e. The molecule has 0 bridgehead atoms. The van der Waals surface area contributed by atoms with E-state index in [2.05, 4.69) is 61.6 Å². The molecule has 0 aliphatic carbocycles. The largest absolute Gasteiger partial charge is 0.0561 e. The van der Waals surface area contributed by atoms with Crippen molar-refractivity contribution in [2.75, 3.05) is 0 Å². The lowest BCUT2D eigenvalue weighted by Gasteiger charge is -2.18. The first-order valence-corrected chi connectivity index (χ1v) is 4.75. The molecule has 0 unspecified atom stereocenters. The topological polar surface area (TPSA) is 0 Å². The van der Waals surface area contributed by atoms with Crippen LogP contribution in [0.2, 0.25) is 0 Å². The lowest BCUT2D eigenvalue weighted by molar-refractivity contribution is 0.589. The van der Waals surface area contributed by atoms with Crippen LogP contribution in [-0.2, 0) is 5.41 Å². The molecule has 0 saturated heterocycles. The third-order valence-electron chi connectivity index (χ3n) is 1.62. The monoisotopic (exact) mass is 259 g/mol. The first-order chi connectivity index (χ1) is 5.00. The number of rotatable bonds is 0. The van der Waals surface area contributed by atoms with Crippen molar-refractivity contribution in [2.45, 2.75) is 26.2 Å². The molecule has 0 saturated carbocycles. The Balaban J connectivity index is 3.06. The van der Waals surface area contributed by atoms with Gasteiger partial charge in [-0.2, -0.15) is 0 Å². The molecular weight excluding hydrogens is 247 g/mol. The van der Waals surface area contributed by atoms with Crippen LogP contribution >= 0.6 is 22.6 Å². The van der Waals surface area contributed by atoms with E-state index < -0.39 is 0 Å². The fraction of sp³-hybridized carbons (Fsp3) is 0.400. The summed E-state index contributed by atoms with van der Waals surface area (Å²) in [6.07, 6.45) is 0. The highest BCUT2D eigenvalue weighted by Crippen LogP contribution is 2.22. The maximum Gasteiger partial charge on any atom is 0.0139 e. The molecule has 0 heterocycles. The van der Waals surface area contributed by atoms with Crippen LogP contribution in [0.4, 0.5) is 0 Å². The van der Waals surface area contributed by atoms with Crippen molar-refractivity contribution in [2.24, 2.45) is 0 Å². The molecule has 0 aliphatic heterocycles. The lowest BCUT2D eigenvalue weighted by atomic mass is 9.87. The van der Waals surface area contributed by atoms with Gasteiger partial charge in [-0.05, 0) is 51.8 Å². The summed E-state index contributed by atoms with van der Waals surface area (Å²) in [5, 5.41) is 0. The first kappa shape index (κ1) is 9.04. The van der Waals surface area contributed by atoms with Gasteiger partial charge in [-0.25, -0.2) is 0 Å². The average Bonchev–Trinajstić information content (AvgIpc) is 1.86. The zero-order chi connectivity index (χ0) is 8.48. The molecule has 0 aromatic heterocycles. The Morgan fingerprint density at radius 3 is 2.27 bits per heavy atom. The van der Waals surface area contributed by atoms with Crippen LogP contribution in [0.1, 0.15) is 26.3 Å². The summed E-state index contributed by atoms with van der Waals surface area (Å²) in [5.41, 5.74) is 1.60. The van der Waals surface area contributed by atoms with E-state index in [1.165, 1.54) is 9.13 Å². The third kappa shape index (κ3) is 2.47. The Labute approximate surface area is 82.2 Å². The molecule has 0 atom stereocenters. The molecule has 0 nitrogen and oxygen atoms in total. The summed E-state index contributed by atoms with van der Waals surface area (Å²) in [5.74, 6) is 0. The lowest BCUT2D eigenvalue weighted by Crippen LogP contribution is -2.10. The molecule has 0 amide bonds. The summed E-state index contributed by atoms with van der Waals surface area (Å²) in [7, 11) is 0. The Bertz CT molecular complexity index is 245. The zero-order valence-electron chi connectivity index (χ0n) is 7.11. The number of halogens is 1. The summed E-state index contributed by atoms with van der Waals surface area (Å²) in [6.45, 7) is 6.64. The van der Waals surface area contributed by atoms with Crippen LogP contribution in [-0.4, -0.2) is 0 Å². The molecule has 1 radical (unpaired) electrons. The van der Waals surface area contributed by atoms with Gasteiger partial charge in [-0.1, -0.05) is 26.8 Å². The van der Waals surface area contributed by atoms with Crippen molar-refractivity contribution < 1.29 is 0 Å². The standard InChI is InChI=1S/C10H12I/c1-10(2,3)8-5-4-6-9(11)7-8/h5-7H,1-3H3. The van der Waals surface area contributed by atoms with Crippen LogP contribution in [0.3, 0.4) is 0 Å². The van der Waals surface area contributed by atoms with Crippen molar-refractivity contribution in [3.05, 3.63) is 33.4 Å². The molecule has 11 heavy (non-hydrogen) atoms. The van der Waals surface area contributed by atoms with Gasteiger partial charge in [0, 0.05) is 3.57 Å². The van der Waals surface area contributed by atoms with Crippen LogP contribution in [0.25, 0.3) is 0 Å². The van der Waals surface area contributed by atoms with Gasteiger partial charge in [0.05, 0.1) is 0 Å². The molecule has 1 heteroatoms. The highest BCUT2D eigenvalue weighted by molar-refractivity contribution is 14.1. The van der Waals surface area contributed by atoms with Crippen LogP contribution in [0.15, 0.2) is 18.2 Å². The second-order valence-corrected chi connectivity index (χ2v) is 4.94. The molecule has 1 rings (SSSR count). The van der Waals surface area contributed by atoms with Crippen LogP contribution in [0, 0.1) is 9.64 Å². The van der Waals surface area contributed by atoms with E-state index in [-0.39, 0.29) is 5.41 Å². The second kappa shape index (κ2) is 3.13. The summed E-state index contributed by atoms with van der Waals surface area (Å²) >= 11 is 2.31. The minimum absolute atomic E-state index is 0.248. The van der Waals surface area contributed by atoms with Gasteiger partial charge in [-0.15, -0.1) is 0 Å². The normalized spacial score (nSPS) is 11.6. The Morgan fingerprint density at radius 2 is 1.91 bits per heavy atom. The maximum absolute atomic E-state index is 3.13. The molecule has 0 spiro atoms. The fourth-order valence-corrected chi connectivity index (χ4v) is 1.39. The Hall–Kier alpha value is -0.0500. The van der Waals surface area contributed by atoms with Gasteiger partial charge in [0.15, 0.2) is 0 Å². The highest BCUT2D eigenvalue weighted by Gasteiger charge is 2.12. The van der Waals surface area contributed by atoms with E-state index in [0.29, 0.717) is 0 Å². The molecule has 0 fully saturated rings. The molecular formula is C10H12I. The molecule has 0 aliphatic rings. The average molecular weight is 259 g/mol. The Morgan fingerprint density at radius 1 is 1.27 bits per heavy atom. The van der Waals surface area contributed by atoms with Crippen LogP contribution < -0.4 is 0 Å². The van der Waals surface area contributed by atoms with Gasteiger partial charge < -0.3 is 0 Å². The van der Waals surface area contributed by atoms with Crippen molar-refractivity contribution in [1.29, 1.82) is 0 Å². The molecule has 0 N–H and O–H groups in total. The van der Waals surface area contributed by atoms with Gasteiger partial charge in [0.1, 0.15) is 0 Å². The quantitative estimate of drug-likeness (QED) is 0.626. The highest BCUT2D eigenvalue weighted by atomic mass is 127. The first-order valence-electron chi connectivity index (χ1n) is 3.67. The Kier molecular flexibility index (Phi) is 2.58. The number of benzene rings is 1. The van der Waals surface area contributed by atoms with Crippen molar-refractivity contribution in [1.82, 2.24) is 0 Å².